The van der Waals surface area contributed by atoms with E-state index < -0.39 is 5.97 Å². The largest absolute Gasteiger partial charge is 0.481 e. The number of carbonyl (C=O) groups is 2. The van der Waals surface area contributed by atoms with Crippen molar-refractivity contribution >= 4 is 17.7 Å². The predicted octanol–water partition coefficient (Wildman–Crippen LogP) is 3.32. The number of amides is 2. The molecule has 0 saturated heterocycles. The molecule has 0 saturated carbocycles. The van der Waals surface area contributed by atoms with E-state index in [1.165, 1.54) is 5.56 Å². The smallest absolute Gasteiger partial charge is 0.319 e. The number of hydrogen-bond acceptors (Lipinski definition) is 2. The highest BCUT2D eigenvalue weighted by Crippen LogP contribution is 2.14. The average Bonchev–Trinajstić information content (AvgIpc) is 2.40. The number of carboxylic acids is 1. The first-order chi connectivity index (χ1) is 9.88. The molecule has 1 aromatic rings. The summed E-state index contributed by atoms with van der Waals surface area (Å²) in [5.41, 5.74) is 3.10. The van der Waals surface area contributed by atoms with E-state index in [1.807, 2.05) is 39.0 Å². The Morgan fingerprint density at radius 1 is 1.19 bits per heavy atom. The molecule has 2 amide bonds. The quantitative estimate of drug-likeness (QED) is 0.721. The van der Waals surface area contributed by atoms with Gasteiger partial charge in [0.15, 0.2) is 0 Å². The van der Waals surface area contributed by atoms with Gasteiger partial charge in [-0.25, -0.2) is 4.79 Å². The molecule has 116 valence electrons. The molecule has 0 aliphatic heterocycles. The fraction of sp³-hybridized carbons (Fsp3) is 0.500. The monoisotopic (exact) mass is 292 g/mol. The van der Waals surface area contributed by atoms with E-state index in [2.05, 4.69) is 10.6 Å². The zero-order valence-corrected chi connectivity index (χ0v) is 12.9. The van der Waals surface area contributed by atoms with Crippen LogP contribution in [0.15, 0.2) is 18.2 Å². The fourth-order valence-electron chi connectivity index (χ4n) is 1.94. The number of nitrogens with one attached hydrogen (secondary N) is 2. The minimum absolute atomic E-state index is 0.177. The summed E-state index contributed by atoms with van der Waals surface area (Å²) in [6, 6.07) is 5.55. The van der Waals surface area contributed by atoms with Gasteiger partial charge in [-0.05, 0) is 55.9 Å². The van der Waals surface area contributed by atoms with E-state index in [1.54, 1.807) is 0 Å². The Labute approximate surface area is 125 Å². The molecule has 0 spiro atoms. The highest BCUT2D eigenvalue weighted by atomic mass is 16.4. The molecule has 0 fully saturated rings. The summed E-state index contributed by atoms with van der Waals surface area (Å²) in [6.45, 7) is 6.56. The lowest BCUT2D eigenvalue weighted by atomic mass is 10.0. The maximum Gasteiger partial charge on any atom is 0.319 e. The van der Waals surface area contributed by atoms with Gasteiger partial charge in [-0.2, -0.15) is 0 Å². The number of anilines is 1. The Hall–Kier alpha value is -2.04. The van der Waals surface area contributed by atoms with Gasteiger partial charge < -0.3 is 15.7 Å². The summed E-state index contributed by atoms with van der Waals surface area (Å²) in [5, 5.41) is 14.2. The second kappa shape index (κ2) is 8.29. The number of rotatable bonds is 7. The number of carboxylic acid groups (broad SMARTS) is 1. The SMILES string of the molecule is Cc1ccc(NC(=O)NCCC(C)CCC(=O)O)cc1C. The van der Waals surface area contributed by atoms with Crippen molar-refractivity contribution in [1.82, 2.24) is 5.32 Å². The Kier molecular flexibility index (Phi) is 6.72. The minimum Gasteiger partial charge on any atom is -0.481 e. The molecule has 0 radical (unpaired) electrons. The van der Waals surface area contributed by atoms with Crippen LogP contribution in [0.2, 0.25) is 0 Å². The molecule has 1 atom stereocenters. The van der Waals surface area contributed by atoms with Gasteiger partial charge in [-0.3, -0.25) is 4.79 Å². The minimum atomic E-state index is -0.776. The van der Waals surface area contributed by atoms with Crippen molar-refractivity contribution in [3.63, 3.8) is 0 Å². The fourth-order valence-corrected chi connectivity index (χ4v) is 1.94. The number of hydrogen-bond donors (Lipinski definition) is 3. The average molecular weight is 292 g/mol. The lowest BCUT2D eigenvalue weighted by Gasteiger charge is -2.12. The number of carbonyl (C=O) groups excluding carboxylic acids is 1. The molecule has 1 rings (SSSR count). The number of aryl methyl sites for hydroxylation is 2. The predicted molar refractivity (Wildman–Crippen MR) is 83.6 cm³/mol. The Bertz CT molecular complexity index is 500. The molecule has 5 nitrogen and oxygen atoms in total. The third-order valence-electron chi connectivity index (χ3n) is 3.54. The van der Waals surface area contributed by atoms with E-state index >= 15 is 0 Å². The van der Waals surface area contributed by atoms with Crippen molar-refractivity contribution < 1.29 is 14.7 Å². The third-order valence-corrected chi connectivity index (χ3v) is 3.54. The number of aliphatic carboxylic acids is 1. The van der Waals surface area contributed by atoms with Crippen molar-refractivity contribution in [2.24, 2.45) is 5.92 Å². The Balaban J connectivity index is 2.27. The van der Waals surface area contributed by atoms with Crippen LogP contribution >= 0.6 is 0 Å². The van der Waals surface area contributed by atoms with Gasteiger partial charge in [0.05, 0.1) is 0 Å². The molecule has 1 aromatic carbocycles. The van der Waals surface area contributed by atoms with Crippen LogP contribution in [0.3, 0.4) is 0 Å². The summed E-state index contributed by atoms with van der Waals surface area (Å²) >= 11 is 0. The number of urea groups is 1. The van der Waals surface area contributed by atoms with E-state index in [4.69, 9.17) is 5.11 Å². The lowest BCUT2D eigenvalue weighted by Crippen LogP contribution is -2.30. The molecule has 0 aliphatic rings. The Morgan fingerprint density at radius 2 is 1.90 bits per heavy atom. The van der Waals surface area contributed by atoms with E-state index in [-0.39, 0.29) is 18.4 Å². The van der Waals surface area contributed by atoms with Gasteiger partial charge in [0.25, 0.3) is 0 Å². The van der Waals surface area contributed by atoms with Gasteiger partial charge in [0, 0.05) is 18.7 Å². The van der Waals surface area contributed by atoms with Crippen molar-refractivity contribution in [2.75, 3.05) is 11.9 Å². The maximum atomic E-state index is 11.7. The third kappa shape index (κ3) is 6.79. The highest BCUT2D eigenvalue weighted by Gasteiger charge is 2.07. The van der Waals surface area contributed by atoms with E-state index in [9.17, 15) is 9.59 Å². The summed E-state index contributed by atoms with van der Waals surface area (Å²) in [5.74, 6) is -0.495. The highest BCUT2D eigenvalue weighted by molar-refractivity contribution is 5.89. The first-order valence-corrected chi connectivity index (χ1v) is 7.22. The second-order valence-electron chi connectivity index (χ2n) is 5.51. The summed E-state index contributed by atoms with van der Waals surface area (Å²) in [4.78, 5) is 22.2. The summed E-state index contributed by atoms with van der Waals surface area (Å²) < 4.78 is 0. The van der Waals surface area contributed by atoms with Gasteiger partial charge in [-0.1, -0.05) is 13.0 Å². The van der Waals surface area contributed by atoms with Crippen molar-refractivity contribution in [2.45, 2.75) is 40.0 Å². The Morgan fingerprint density at radius 3 is 2.52 bits per heavy atom. The molecule has 1 unspecified atom stereocenters. The lowest BCUT2D eigenvalue weighted by molar-refractivity contribution is -0.137. The zero-order chi connectivity index (χ0) is 15.8. The van der Waals surface area contributed by atoms with Crippen LogP contribution in [0.5, 0.6) is 0 Å². The molecule has 0 bridgehead atoms. The molecule has 21 heavy (non-hydrogen) atoms. The molecule has 0 aromatic heterocycles. The zero-order valence-electron chi connectivity index (χ0n) is 12.9. The van der Waals surface area contributed by atoms with Gasteiger partial charge >= 0.3 is 12.0 Å². The maximum absolute atomic E-state index is 11.7. The molecule has 0 heterocycles. The van der Waals surface area contributed by atoms with Crippen LogP contribution in [0.1, 0.15) is 37.3 Å². The second-order valence-corrected chi connectivity index (χ2v) is 5.51. The van der Waals surface area contributed by atoms with Crippen LogP contribution in [-0.4, -0.2) is 23.7 Å². The van der Waals surface area contributed by atoms with E-state index in [0.29, 0.717) is 13.0 Å². The first kappa shape index (κ1) is 17.0. The summed E-state index contributed by atoms with van der Waals surface area (Å²) in [7, 11) is 0. The standard InChI is InChI=1S/C16H24N2O3/c1-11(4-7-15(19)20)8-9-17-16(21)18-14-6-5-12(2)13(3)10-14/h5-6,10-11H,4,7-9H2,1-3H3,(H,19,20)(H2,17,18,21). The normalized spacial score (nSPS) is 11.8. The van der Waals surface area contributed by atoms with Crippen LogP contribution in [0.25, 0.3) is 0 Å². The number of benzene rings is 1. The van der Waals surface area contributed by atoms with Crippen LogP contribution in [-0.2, 0) is 4.79 Å². The van der Waals surface area contributed by atoms with Crippen molar-refractivity contribution in [1.29, 1.82) is 0 Å². The molecular formula is C16H24N2O3. The molecule has 3 N–H and O–H groups in total. The van der Waals surface area contributed by atoms with Crippen molar-refractivity contribution in [3.8, 4) is 0 Å². The first-order valence-electron chi connectivity index (χ1n) is 7.22. The molecule has 0 aliphatic carbocycles. The van der Waals surface area contributed by atoms with Gasteiger partial charge in [0.2, 0.25) is 0 Å². The van der Waals surface area contributed by atoms with Crippen molar-refractivity contribution in [3.05, 3.63) is 29.3 Å². The van der Waals surface area contributed by atoms with Crippen LogP contribution in [0, 0.1) is 19.8 Å². The van der Waals surface area contributed by atoms with Gasteiger partial charge in [-0.15, -0.1) is 0 Å². The topological polar surface area (TPSA) is 78.4 Å². The molecular weight excluding hydrogens is 268 g/mol. The van der Waals surface area contributed by atoms with E-state index in [0.717, 1.165) is 17.7 Å². The van der Waals surface area contributed by atoms with Gasteiger partial charge in [0.1, 0.15) is 0 Å². The molecule has 5 heteroatoms. The van der Waals surface area contributed by atoms with Crippen LogP contribution in [0.4, 0.5) is 10.5 Å². The van der Waals surface area contributed by atoms with Crippen LogP contribution < -0.4 is 10.6 Å². The summed E-state index contributed by atoms with van der Waals surface area (Å²) in [6.07, 6.45) is 1.58.